The second-order valence-electron chi connectivity index (χ2n) is 3.68. The van der Waals surface area contributed by atoms with E-state index in [0.29, 0.717) is 27.5 Å². The number of rotatable bonds is 2. The molecule has 0 amide bonds. The Hall–Kier alpha value is -1.98. The fraction of sp³-hybridized carbons (Fsp3) is 0.0667. The molecule has 0 aromatic heterocycles. The maximum Gasteiger partial charge on any atom is 0.132 e. The van der Waals surface area contributed by atoms with Gasteiger partial charge in [0.25, 0.3) is 0 Å². The minimum atomic E-state index is -0.399. The molecule has 0 heterocycles. The quantitative estimate of drug-likeness (QED) is 0.738. The van der Waals surface area contributed by atoms with Gasteiger partial charge in [-0.3, -0.25) is 0 Å². The van der Waals surface area contributed by atoms with Crippen molar-refractivity contribution in [2.45, 2.75) is 0 Å². The third-order valence-corrected chi connectivity index (χ3v) is 2.84. The first-order valence-electron chi connectivity index (χ1n) is 5.26. The molecule has 0 unspecified atom stereocenters. The lowest BCUT2D eigenvalue weighted by atomic mass is 9.99. The highest BCUT2D eigenvalue weighted by Gasteiger charge is 2.10. The van der Waals surface area contributed by atoms with Crippen LogP contribution in [-0.4, -0.2) is 7.11 Å². The van der Waals surface area contributed by atoms with Gasteiger partial charge in [-0.05, 0) is 36.4 Å². The van der Waals surface area contributed by atoms with Crippen molar-refractivity contribution in [3.05, 3.63) is 52.8 Å². The normalized spacial score (nSPS) is 9.89. The molecule has 2 aromatic carbocycles. The zero-order valence-corrected chi connectivity index (χ0v) is 10.5. The number of terminal acetylenes is 1. The zero-order valence-electron chi connectivity index (χ0n) is 9.71. The molecule has 0 radical (unpaired) electrons. The fourth-order valence-corrected chi connectivity index (χ4v) is 1.87. The van der Waals surface area contributed by atoms with E-state index in [2.05, 4.69) is 5.92 Å². The topological polar surface area (TPSA) is 9.23 Å². The Balaban J connectivity index is 2.60. The molecule has 0 bridgehead atoms. The molecule has 2 rings (SSSR count). The van der Waals surface area contributed by atoms with Crippen LogP contribution >= 0.6 is 11.6 Å². The lowest BCUT2D eigenvalue weighted by molar-refractivity contribution is 0.414. The van der Waals surface area contributed by atoms with E-state index in [1.54, 1.807) is 37.4 Å². The summed E-state index contributed by atoms with van der Waals surface area (Å²) in [6.45, 7) is 0. The third-order valence-electron chi connectivity index (χ3n) is 2.60. The molecule has 0 aliphatic rings. The number of hydrogen-bond donors (Lipinski definition) is 0. The predicted octanol–water partition coefficient (Wildman–Crippen LogP) is 4.14. The van der Waals surface area contributed by atoms with E-state index >= 15 is 0 Å². The van der Waals surface area contributed by atoms with Crippen molar-refractivity contribution in [3.63, 3.8) is 0 Å². The summed E-state index contributed by atoms with van der Waals surface area (Å²) in [4.78, 5) is 0. The lowest BCUT2D eigenvalue weighted by Crippen LogP contribution is -1.90. The second kappa shape index (κ2) is 5.12. The number of methoxy groups -OCH3 is 1. The van der Waals surface area contributed by atoms with Crippen LogP contribution < -0.4 is 4.74 Å². The van der Waals surface area contributed by atoms with E-state index in [1.807, 2.05) is 0 Å². The summed E-state index contributed by atoms with van der Waals surface area (Å²) in [5, 5.41) is 0.354. The molecule has 0 saturated carbocycles. The van der Waals surface area contributed by atoms with Gasteiger partial charge in [-0.15, -0.1) is 6.42 Å². The van der Waals surface area contributed by atoms with Gasteiger partial charge in [0.05, 0.1) is 7.11 Å². The standard InChI is InChI=1S/C15H10ClFO/c1-3-10-8-12(18-2)5-7-13(10)14-6-4-11(16)9-15(14)17/h1,4-9H,2H3. The van der Waals surface area contributed by atoms with Crippen LogP contribution in [0.2, 0.25) is 5.02 Å². The zero-order chi connectivity index (χ0) is 13.1. The average molecular weight is 261 g/mol. The first kappa shape index (κ1) is 12.5. The first-order chi connectivity index (χ1) is 8.65. The van der Waals surface area contributed by atoms with Crippen LogP contribution in [0.25, 0.3) is 11.1 Å². The van der Waals surface area contributed by atoms with Gasteiger partial charge in [0, 0.05) is 21.7 Å². The van der Waals surface area contributed by atoms with Crippen LogP contribution in [0.1, 0.15) is 5.56 Å². The third kappa shape index (κ3) is 2.32. The molecular formula is C15H10ClFO. The molecule has 1 nitrogen and oxygen atoms in total. The minimum absolute atomic E-state index is 0.354. The predicted molar refractivity (Wildman–Crippen MR) is 71.3 cm³/mol. The van der Waals surface area contributed by atoms with Crippen LogP contribution in [0, 0.1) is 18.2 Å². The molecule has 0 N–H and O–H groups in total. The van der Waals surface area contributed by atoms with Gasteiger partial charge in [-0.25, -0.2) is 4.39 Å². The number of halogens is 2. The Labute approximate surface area is 110 Å². The van der Waals surface area contributed by atoms with Crippen LogP contribution in [0.5, 0.6) is 5.75 Å². The summed E-state index contributed by atoms with van der Waals surface area (Å²) in [5.74, 6) is 2.77. The fourth-order valence-electron chi connectivity index (χ4n) is 1.71. The molecule has 3 heteroatoms. The Morgan fingerprint density at radius 1 is 1.17 bits per heavy atom. The van der Waals surface area contributed by atoms with Crippen molar-refractivity contribution in [1.29, 1.82) is 0 Å². The van der Waals surface area contributed by atoms with E-state index < -0.39 is 5.82 Å². The van der Waals surface area contributed by atoms with Crippen LogP contribution in [0.3, 0.4) is 0 Å². The summed E-state index contributed by atoms with van der Waals surface area (Å²) < 4.78 is 18.9. The highest BCUT2D eigenvalue weighted by Crippen LogP contribution is 2.30. The van der Waals surface area contributed by atoms with Crippen molar-refractivity contribution in [2.75, 3.05) is 7.11 Å². The molecule has 0 spiro atoms. The van der Waals surface area contributed by atoms with Gasteiger partial charge in [-0.2, -0.15) is 0 Å². The summed E-state index contributed by atoms with van der Waals surface area (Å²) in [6, 6.07) is 9.68. The van der Waals surface area contributed by atoms with Crippen molar-refractivity contribution in [3.8, 4) is 29.2 Å². The van der Waals surface area contributed by atoms with E-state index in [-0.39, 0.29) is 0 Å². The Bertz CT molecular complexity index is 629. The highest BCUT2D eigenvalue weighted by molar-refractivity contribution is 6.30. The summed E-state index contributed by atoms with van der Waals surface area (Å²) in [6.07, 6.45) is 5.44. The lowest BCUT2D eigenvalue weighted by Gasteiger charge is -2.08. The van der Waals surface area contributed by atoms with E-state index in [9.17, 15) is 4.39 Å². The summed E-state index contributed by atoms with van der Waals surface area (Å²) in [5.41, 5.74) is 1.65. The van der Waals surface area contributed by atoms with Crippen LogP contribution in [0.4, 0.5) is 4.39 Å². The van der Waals surface area contributed by atoms with Crippen LogP contribution in [0.15, 0.2) is 36.4 Å². The number of benzene rings is 2. The van der Waals surface area contributed by atoms with Gasteiger partial charge in [-0.1, -0.05) is 17.5 Å². The second-order valence-corrected chi connectivity index (χ2v) is 4.12. The summed E-state index contributed by atoms with van der Waals surface area (Å²) in [7, 11) is 1.55. The smallest absolute Gasteiger partial charge is 0.132 e. The molecule has 0 aliphatic carbocycles. The molecule has 90 valence electrons. The van der Waals surface area contributed by atoms with Gasteiger partial charge >= 0.3 is 0 Å². The minimum Gasteiger partial charge on any atom is -0.497 e. The molecular weight excluding hydrogens is 251 g/mol. The molecule has 0 saturated heterocycles. The highest BCUT2D eigenvalue weighted by atomic mass is 35.5. The SMILES string of the molecule is C#Cc1cc(OC)ccc1-c1ccc(Cl)cc1F. The van der Waals surface area contributed by atoms with Gasteiger partial charge in [0.15, 0.2) is 0 Å². The Kier molecular flexibility index (Phi) is 3.55. The van der Waals surface area contributed by atoms with Gasteiger partial charge < -0.3 is 4.74 Å². The molecule has 0 atom stereocenters. The molecule has 2 aromatic rings. The van der Waals surface area contributed by atoms with Crippen molar-refractivity contribution >= 4 is 11.6 Å². The molecule has 0 aliphatic heterocycles. The Morgan fingerprint density at radius 2 is 1.89 bits per heavy atom. The maximum atomic E-state index is 13.9. The monoisotopic (exact) mass is 260 g/mol. The van der Waals surface area contributed by atoms with Crippen molar-refractivity contribution in [1.82, 2.24) is 0 Å². The maximum absolute atomic E-state index is 13.9. The molecule has 18 heavy (non-hydrogen) atoms. The summed E-state index contributed by atoms with van der Waals surface area (Å²) >= 11 is 5.73. The largest absolute Gasteiger partial charge is 0.497 e. The van der Waals surface area contributed by atoms with Gasteiger partial charge in [0.2, 0.25) is 0 Å². The van der Waals surface area contributed by atoms with E-state index in [4.69, 9.17) is 22.8 Å². The number of ether oxygens (including phenoxy) is 1. The van der Waals surface area contributed by atoms with Crippen molar-refractivity contribution < 1.29 is 9.13 Å². The van der Waals surface area contributed by atoms with Crippen LogP contribution in [-0.2, 0) is 0 Å². The number of hydrogen-bond acceptors (Lipinski definition) is 1. The Morgan fingerprint density at radius 3 is 2.50 bits per heavy atom. The average Bonchev–Trinajstić information content (AvgIpc) is 2.38. The first-order valence-corrected chi connectivity index (χ1v) is 5.63. The molecule has 0 fully saturated rings. The van der Waals surface area contributed by atoms with Crippen molar-refractivity contribution in [2.24, 2.45) is 0 Å². The van der Waals surface area contributed by atoms with E-state index in [0.717, 1.165) is 0 Å². The van der Waals surface area contributed by atoms with Gasteiger partial charge in [0.1, 0.15) is 11.6 Å². The van der Waals surface area contributed by atoms with E-state index in [1.165, 1.54) is 6.07 Å².